The summed E-state index contributed by atoms with van der Waals surface area (Å²) in [6.45, 7) is 11.4. The number of carbonyl (C=O) groups excluding carboxylic acids is 3. The molecule has 0 radical (unpaired) electrons. The molecule has 8 heteroatoms. The van der Waals surface area contributed by atoms with E-state index in [1.165, 1.54) is 19.1 Å². The number of ketones is 1. The second kappa shape index (κ2) is 10.4. The lowest BCUT2D eigenvalue weighted by Gasteiger charge is -2.44. The molecule has 2 saturated heterocycles. The molecular formula is C32H39F2N3O3. The normalized spacial score (nSPS) is 24.3. The van der Waals surface area contributed by atoms with Crippen LogP contribution in [0.5, 0.6) is 0 Å². The van der Waals surface area contributed by atoms with Crippen molar-refractivity contribution in [2.75, 3.05) is 26.2 Å². The molecule has 2 aromatic carbocycles. The van der Waals surface area contributed by atoms with Crippen LogP contribution in [0.4, 0.5) is 8.78 Å². The van der Waals surface area contributed by atoms with Gasteiger partial charge in [0.15, 0.2) is 5.78 Å². The first-order chi connectivity index (χ1) is 18.8. The maximum atomic E-state index is 14.9. The van der Waals surface area contributed by atoms with E-state index in [1.807, 2.05) is 23.1 Å². The third-order valence-corrected chi connectivity index (χ3v) is 9.43. The quantitative estimate of drug-likeness (QED) is 0.564. The molecule has 2 amide bonds. The highest BCUT2D eigenvalue weighted by atomic mass is 19.1. The minimum Gasteiger partial charge on any atom is -0.352 e. The molecule has 0 bridgehead atoms. The highest BCUT2D eigenvalue weighted by Gasteiger charge is 2.51. The van der Waals surface area contributed by atoms with Gasteiger partial charge in [-0.2, -0.15) is 0 Å². The molecule has 6 nitrogen and oxygen atoms in total. The van der Waals surface area contributed by atoms with Crippen LogP contribution < -0.4 is 5.32 Å². The lowest BCUT2D eigenvalue weighted by Crippen LogP contribution is -2.55. The van der Waals surface area contributed by atoms with E-state index in [0.717, 1.165) is 17.2 Å². The second-order valence-corrected chi connectivity index (χ2v) is 12.8. The molecular weight excluding hydrogens is 512 g/mol. The van der Waals surface area contributed by atoms with E-state index >= 15 is 0 Å². The average Bonchev–Trinajstić information content (AvgIpc) is 3.44. The first-order valence-corrected chi connectivity index (χ1v) is 14.2. The van der Waals surface area contributed by atoms with E-state index in [9.17, 15) is 23.2 Å². The molecule has 40 heavy (non-hydrogen) atoms. The standard InChI is InChI=1S/C32H39F2N3O3/c1-19(38)21-6-9-27-22(14-21)15-29(35-20(2)39)32(27)10-12-36(13-11-32)30(40)26-18-37(31(3,4)5)17-25(26)24-8-7-23(33)16-28(24)34/h6-9,14,16,25-26,29H,10-13,15,17-18H2,1-5H3,(H,35,39)/t25-,26+,29+/m0/s1. The van der Waals surface area contributed by atoms with Gasteiger partial charge in [-0.1, -0.05) is 18.2 Å². The zero-order chi connectivity index (χ0) is 29.0. The first-order valence-electron chi connectivity index (χ1n) is 14.2. The summed E-state index contributed by atoms with van der Waals surface area (Å²) in [5, 5.41) is 3.15. The third-order valence-electron chi connectivity index (χ3n) is 9.43. The molecule has 1 aliphatic carbocycles. The van der Waals surface area contributed by atoms with E-state index in [4.69, 9.17) is 0 Å². The molecule has 0 saturated carbocycles. The number of nitrogens with zero attached hydrogens (tertiary/aromatic N) is 2. The topological polar surface area (TPSA) is 69.7 Å². The Bertz CT molecular complexity index is 1340. The molecule has 2 heterocycles. The van der Waals surface area contributed by atoms with Crippen LogP contribution in [0, 0.1) is 17.6 Å². The van der Waals surface area contributed by atoms with Crippen molar-refractivity contribution in [3.05, 3.63) is 70.3 Å². The molecule has 1 spiro atoms. The van der Waals surface area contributed by atoms with E-state index in [1.54, 1.807) is 6.92 Å². The van der Waals surface area contributed by atoms with Gasteiger partial charge in [-0.25, -0.2) is 8.78 Å². The van der Waals surface area contributed by atoms with Crippen LogP contribution in [0.2, 0.25) is 0 Å². The molecule has 3 atom stereocenters. The van der Waals surface area contributed by atoms with Gasteiger partial charge in [-0.3, -0.25) is 19.3 Å². The van der Waals surface area contributed by atoms with Crippen molar-refractivity contribution in [1.82, 2.24) is 15.1 Å². The zero-order valence-corrected chi connectivity index (χ0v) is 24.0. The van der Waals surface area contributed by atoms with Crippen LogP contribution in [0.25, 0.3) is 0 Å². The summed E-state index contributed by atoms with van der Waals surface area (Å²) in [6.07, 6.45) is 2.02. The summed E-state index contributed by atoms with van der Waals surface area (Å²) in [7, 11) is 0. The molecule has 214 valence electrons. The van der Waals surface area contributed by atoms with Crippen LogP contribution in [0.1, 0.15) is 80.4 Å². The Balaban J connectivity index is 1.40. The number of amides is 2. The maximum Gasteiger partial charge on any atom is 0.227 e. The van der Waals surface area contributed by atoms with Crippen molar-refractivity contribution in [1.29, 1.82) is 0 Å². The van der Waals surface area contributed by atoms with Crippen molar-refractivity contribution in [2.45, 2.75) is 76.8 Å². The van der Waals surface area contributed by atoms with Gasteiger partial charge >= 0.3 is 0 Å². The summed E-state index contributed by atoms with van der Waals surface area (Å²) < 4.78 is 28.6. The minimum absolute atomic E-state index is 0.00319. The van der Waals surface area contributed by atoms with Crippen molar-refractivity contribution in [2.24, 2.45) is 5.92 Å². The second-order valence-electron chi connectivity index (χ2n) is 12.8. The first kappa shape index (κ1) is 28.4. The average molecular weight is 552 g/mol. The van der Waals surface area contributed by atoms with Gasteiger partial charge in [0.1, 0.15) is 11.6 Å². The number of hydrogen-bond donors (Lipinski definition) is 1. The van der Waals surface area contributed by atoms with Crippen molar-refractivity contribution in [3.8, 4) is 0 Å². The Morgan fingerprint density at radius 3 is 2.27 bits per heavy atom. The lowest BCUT2D eigenvalue weighted by molar-refractivity contribution is -0.137. The van der Waals surface area contributed by atoms with E-state index < -0.39 is 17.6 Å². The number of piperidine rings is 1. The minimum atomic E-state index is -0.628. The van der Waals surface area contributed by atoms with Crippen LogP contribution in [-0.2, 0) is 21.4 Å². The summed E-state index contributed by atoms with van der Waals surface area (Å²) in [5.41, 5.74) is 2.76. The fraction of sp³-hybridized carbons (Fsp3) is 0.531. The number of Topliss-reactive ketones (excluding diaryl/α,β-unsaturated/α-hetero) is 1. The molecule has 3 aliphatic rings. The number of hydrogen-bond acceptors (Lipinski definition) is 4. The van der Waals surface area contributed by atoms with Crippen LogP contribution >= 0.6 is 0 Å². The Morgan fingerprint density at radius 2 is 1.68 bits per heavy atom. The molecule has 5 rings (SSSR count). The van der Waals surface area contributed by atoms with Gasteiger partial charge < -0.3 is 10.2 Å². The van der Waals surface area contributed by atoms with Gasteiger partial charge in [0.2, 0.25) is 11.8 Å². The number of fused-ring (bicyclic) bond motifs is 2. The largest absolute Gasteiger partial charge is 0.352 e. The summed E-state index contributed by atoms with van der Waals surface area (Å²) in [4.78, 5) is 42.3. The summed E-state index contributed by atoms with van der Waals surface area (Å²) in [6, 6.07) is 9.37. The number of benzene rings is 2. The van der Waals surface area contributed by atoms with Crippen molar-refractivity contribution in [3.63, 3.8) is 0 Å². The van der Waals surface area contributed by atoms with Gasteiger partial charge in [0.05, 0.1) is 5.92 Å². The van der Waals surface area contributed by atoms with E-state index in [-0.39, 0.29) is 40.5 Å². The zero-order valence-electron chi connectivity index (χ0n) is 24.0. The van der Waals surface area contributed by atoms with Crippen molar-refractivity contribution < 1.29 is 23.2 Å². The molecule has 2 fully saturated rings. The Hall–Kier alpha value is -3.13. The number of halogens is 2. The molecule has 0 aromatic heterocycles. The fourth-order valence-corrected chi connectivity index (χ4v) is 7.20. The summed E-state index contributed by atoms with van der Waals surface area (Å²) in [5.74, 6) is -2.13. The molecule has 2 aliphatic heterocycles. The summed E-state index contributed by atoms with van der Waals surface area (Å²) >= 11 is 0. The number of likely N-dealkylation sites (tertiary alicyclic amines) is 2. The Kier molecular flexibility index (Phi) is 7.36. The fourth-order valence-electron chi connectivity index (χ4n) is 7.20. The van der Waals surface area contributed by atoms with Crippen LogP contribution in [-0.4, -0.2) is 65.2 Å². The number of nitrogens with one attached hydrogen (secondary N) is 1. The van der Waals surface area contributed by atoms with Crippen molar-refractivity contribution >= 4 is 17.6 Å². The Morgan fingerprint density at radius 1 is 0.975 bits per heavy atom. The van der Waals surface area contributed by atoms with E-state index in [0.29, 0.717) is 56.6 Å². The maximum absolute atomic E-state index is 14.9. The van der Waals surface area contributed by atoms with Gasteiger partial charge in [0.25, 0.3) is 0 Å². The van der Waals surface area contributed by atoms with Crippen LogP contribution in [0.15, 0.2) is 36.4 Å². The molecule has 1 N–H and O–H groups in total. The van der Waals surface area contributed by atoms with E-state index in [2.05, 4.69) is 31.0 Å². The SMILES string of the molecule is CC(=O)N[C@@H]1Cc2cc(C(C)=O)ccc2C12CCN(C(=O)[C@@H]1CN(C(C)(C)C)C[C@H]1c1ccc(F)cc1F)CC2. The van der Waals surface area contributed by atoms with Crippen LogP contribution in [0.3, 0.4) is 0 Å². The highest BCUT2D eigenvalue weighted by Crippen LogP contribution is 2.47. The molecule has 0 unspecified atom stereocenters. The van der Waals surface area contributed by atoms with Gasteiger partial charge in [-0.05, 0) is 75.8 Å². The highest BCUT2D eigenvalue weighted by molar-refractivity contribution is 5.94. The monoisotopic (exact) mass is 551 g/mol. The van der Waals surface area contributed by atoms with Gasteiger partial charge in [-0.15, -0.1) is 0 Å². The predicted molar refractivity (Wildman–Crippen MR) is 149 cm³/mol. The third kappa shape index (κ3) is 5.06. The number of carbonyl (C=O) groups is 3. The molecule has 2 aromatic rings. The van der Waals surface area contributed by atoms with Gasteiger partial charge in [0, 0.05) is 67.6 Å². The Labute approximate surface area is 235 Å². The number of rotatable bonds is 4. The lowest BCUT2D eigenvalue weighted by atomic mass is 9.70. The smallest absolute Gasteiger partial charge is 0.227 e. The predicted octanol–water partition coefficient (Wildman–Crippen LogP) is 4.60.